The van der Waals surface area contributed by atoms with Gasteiger partial charge in [-0.1, -0.05) is 6.92 Å². The highest BCUT2D eigenvalue weighted by atomic mass is 35.5. The van der Waals surface area contributed by atoms with Gasteiger partial charge < -0.3 is 10.6 Å². The number of amides is 1. The summed E-state index contributed by atoms with van der Waals surface area (Å²) in [5.41, 5.74) is 0.706. The molecule has 1 aliphatic heterocycles. The van der Waals surface area contributed by atoms with Crippen LogP contribution in [0.4, 0.5) is 0 Å². The van der Waals surface area contributed by atoms with E-state index in [1.165, 1.54) is 0 Å². The Hall–Kier alpha value is -1.15. The van der Waals surface area contributed by atoms with Gasteiger partial charge in [0.2, 0.25) is 5.91 Å². The van der Waals surface area contributed by atoms with Crippen molar-refractivity contribution < 1.29 is 4.79 Å². The molecule has 3 atom stereocenters. The standard InChI is InChI=1S/C16H23N5OS.2ClH/c1-4-16(2,15-18-5-6-23-15)20-14(22)13-9-17-8-12(13)11-7-19-21(3)10-11;;/h5-7,10,12-13,17H,4,8-9H2,1-3H3,(H,20,22);2*1H/t12-,13+,16?;;/m1../s1. The molecule has 0 bridgehead atoms. The Morgan fingerprint density at radius 2 is 2.24 bits per heavy atom. The van der Waals surface area contributed by atoms with E-state index in [1.54, 1.807) is 22.2 Å². The van der Waals surface area contributed by atoms with E-state index >= 15 is 0 Å². The van der Waals surface area contributed by atoms with Crippen molar-refractivity contribution >= 4 is 42.1 Å². The van der Waals surface area contributed by atoms with E-state index in [9.17, 15) is 4.79 Å². The molecule has 2 N–H and O–H groups in total. The van der Waals surface area contributed by atoms with Crippen LogP contribution in [0.1, 0.15) is 36.8 Å². The summed E-state index contributed by atoms with van der Waals surface area (Å²) in [5.74, 6) is 0.176. The lowest BCUT2D eigenvalue weighted by atomic mass is 9.89. The maximum Gasteiger partial charge on any atom is 0.225 e. The van der Waals surface area contributed by atoms with Crippen molar-refractivity contribution in [2.75, 3.05) is 13.1 Å². The van der Waals surface area contributed by atoms with Crippen LogP contribution in [0.5, 0.6) is 0 Å². The van der Waals surface area contributed by atoms with Crippen molar-refractivity contribution in [1.29, 1.82) is 0 Å². The molecule has 2 aromatic rings. The van der Waals surface area contributed by atoms with Crippen molar-refractivity contribution in [3.05, 3.63) is 34.5 Å². The Labute approximate surface area is 164 Å². The fourth-order valence-electron chi connectivity index (χ4n) is 3.09. The van der Waals surface area contributed by atoms with Crippen LogP contribution in [0.3, 0.4) is 0 Å². The predicted octanol–water partition coefficient (Wildman–Crippen LogP) is 2.46. The third kappa shape index (κ3) is 4.53. The van der Waals surface area contributed by atoms with Crippen LogP contribution in [-0.2, 0) is 17.4 Å². The van der Waals surface area contributed by atoms with Gasteiger partial charge in [-0.05, 0) is 18.9 Å². The molecular weight excluding hydrogens is 381 g/mol. The normalized spacial score (nSPS) is 21.7. The van der Waals surface area contributed by atoms with E-state index in [0.29, 0.717) is 6.54 Å². The number of nitrogens with zero attached hydrogens (tertiary/aromatic N) is 3. The largest absolute Gasteiger partial charge is 0.344 e. The molecule has 9 heteroatoms. The number of rotatable bonds is 5. The van der Waals surface area contributed by atoms with E-state index in [2.05, 4.69) is 27.6 Å². The minimum absolute atomic E-state index is 0. The number of aromatic nitrogens is 3. The maximum atomic E-state index is 12.9. The Kier molecular flexibility index (Phi) is 7.87. The lowest BCUT2D eigenvalue weighted by molar-refractivity contribution is -0.126. The summed E-state index contributed by atoms with van der Waals surface area (Å²) < 4.78 is 1.79. The zero-order valence-corrected chi connectivity index (χ0v) is 17.0. The minimum Gasteiger partial charge on any atom is -0.344 e. The molecule has 1 fully saturated rings. The third-order valence-corrected chi connectivity index (χ3v) is 5.75. The topological polar surface area (TPSA) is 71.8 Å². The van der Waals surface area contributed by atoms with Crippen molar-refractivity contribution in [1.82, 2.24) is 25.4 Å². The molecule has 3 heterocycles. The second kappa shape index (κ2) is 8.98. The molecular formula is C16H25Cl2N5OS. The number of nitrogens with one attached hydrogen (secondary N) is 2. The number of thiazole rings is 1. The molecule has 1 aliphatic rings. The molecule has 1 saturated heterocycles. The Morgan fingerprint density at radius 3 is 2.80 bits per heavy atom. The average Bonchev–Trinajstić information content (AvgIpc) is 3.27. The molecule has 1 amide bonds. The SMILES string of the molecule is CCC(C)(NC(=O)[C@H]1CNC[C@@H]1c1cnn(C)c1)c1nccs1.Cl.Cl. The summed E-state index contributed by atoms with van der Waals surface area (Å²) in [7, 11) is 1.90. The van der Waals surface area contributed by atoms with Crippen LogP contribution < -0.4 is 10.6 Å². The van der Waals surface area contributed by atoms with E-state index in [1.807, 2.05) is 31.7 Å². The molecule has 0 saturated carbocycles. The molecule has 1 unspecified atom stereocenters. The first-order chi connectivity index (χ1) is 11.0. The summed E-state index contributed by atoms with van der Waals surface area (Å²) in [6, 6.07) is 0. The molecule has 6 nitrogen and oxygen atoms in total. The van der Waals surface area contributed by atoms with Gasteiger partial charge in [0, 0.05) is 43.8 Å². The minimum atomic E-state index is -0.409. The number of hydrogen-bond acceptors (Lipinski definition) is 5. The second-order valence-electron chi connectivity index (χ2n) is 6.33. The van der Waals surface area contributed by atoms with E-state index in [4.69, 9.17) is 0 Å². The highest BCUT2D eigenvalue weighted by molar-refractivity contribution is 7.09. The van der Waals surface area contributed by atoms with Crippen molar-refractivity contribution in [2.24, 2.45) is 13.0 Å². The predicted molar refractivity (Wildman–Crippen MR) is 105 cm³/mol. The van der Waals surface area contributed by atoms with Gasteiger partial charge in [0.1, 0.15) is 5.01 Å². The van der Waals surface area contributed by atoms with Crippen LogP contribution in [0.15, 0.2) is 24.0 Å². The smallest absolute Gasteiger partial charge is 0.225 e. The first-order valence-corrected chi connectivity index (χ1v) is 8.82. The van der Waals surface area contributed by atoms with Gasteiger partial charge in [-0.2, -0.15) is 5.10 Å². The van der Waals surface area contributed by atoms with Gasteiger partial charge in [0.25, 0.3) is 0 Å². The van der Waals surface area contributed by atoms with Crippen molar-refractivity contribution in [3.8, 4) is 0 Å². The number of hydrogen-bond donors (Lipinski definition) is 2. The summed E-state index contributed by atoms with van der Waals surface area (Å²) in [5, 5.41) is 13.7. The fourth-order valence-corrected chi connectivity index (χ4v) is 3.92. The van der Waals surface area contributed by atoms with Gasteiger partial charge in [-0.15, -0.1) is 36.2 Å². The lowest BCUT2D eigenvalue weighted by Gasteiger charge is -2.30. The van der Waals surface area contributed by atoms with Crippen molar-refractivity contribution in [3.63, 3.8) is 0 Å². The molecule has 0 radical (unpaired) electrons. The second-order valence-corrected chi connectivity index (χ2v) is 7.23. The van der Waals surface area contributed by atoms with E-state index in [0.717, 1.165) is 23.5 Å². The zero-order valence-electron chi connectivity index (χ0n) is 14.6. The maximum absolute atomic E-state index is 12.9. The van der Waals surface area contributed by atoms with Gasteiger partial charge in [0.15, 0.2) is 0 Å². The van der Waals surface area contributed by atoms with Gasteiger partial charge in [-0.3, -0.25) is 9.48 Å². The van der Waals surface area contributed by atoms with Crippen LogP contribution in [0.2, 0.25) is 0 Å². The average molecular weight is 406 g/mol. The molecule has 0 aliphatic carbocycles. The van der Waals surface area contributed by atoms with Crippen LogP contribution in [0, 0.1) is 5.92 Å². The quantitative estimate of drug-likeness (QED) is 0.800. The Bertz CT molecular complexity index is 678. The Balaban J connectivity index is 0.00000156. The highest BCUT2D eigenvalue weighted by Crippen LogP contribution is 2.31. The molecule has 140 valence electrons. The Morgan fingerprint density at radius 1 is 1.48 bits per heavy atom. The summed E-state index contributed by atoms with van der Waals surface area (Å²) in [4.78, 5) is 17.3. The molecule has 3 rings (SSSR count). The summed E-state index contributed by atoms with van der Waals surface area (Å²) in [6.45, 7) is 5.63. The lowest BCUT2D eigenvalue weighted by Crippen LogP contribution is -2.47. The number of carbonyl (C=O) groups is 1. The molecule has 2 aromatic heterocycles. The van der Waals surface area contributed by atoms with Crippen molar-refractivity contribution in [2.45, 2.75) is 31.7 Å². The molecule has 0 spiro atoms. The van der Waals surface area contributed by atoms with E-state index < -0.39 is 5.54 Å². The fraction of sp³-hybridized carbons (Fsp3) is 0.562. The zero-order chi connectivity index (χ0) is 16.4. The monoisotopic (exact) mass is 405 g/mol. The summed E-state index contributed by atoms with van der Waals surface area (Å²) >= 11 is 1.58. The van der Waals surface area contributed by atoms with E-state index in [-0.39, 0.29) is 42.6 Å². The van der Waals surface area contributed by atoms with Crippen LogP contribution >= 0.6 is 36.2 Å². The van der Waals surface area contributed by atoms with Gasteiger partial charge >= 0.3 is 0 Å². The first-order valence-electron chi connectivity index (χ1n) is 7.94. The number of carbonyl (C=O) groups excluding carboxylic acids is 1. The first kappa shape index (κ1) is 21.9. The number of aryl methyl sites for hydroxylation is 1. The number of halogens is 2. The van der Waals surface area contributed by atoms with Crippen LogP contribution in [-0.4, -0.2) is 33.8 Å². The van der Waals surface area contributed by atoms with Gasteiger partial charge in [-0.25, -0.2) is 4.98 Å². The molecule has 0 aromatic carbocycles. The third-order valence-electron chi connectivity index (χ3n) is 4.71. The highest BCUT2D eigenvalue weighted by Gasteiger charge is 2.38. The summed E-state index contributed by atoms with van der Waals surface area (Å²) in [6.07, 6.45) is 6.45. The van der Waals surface area contributed by atoms with Crippen LogP contribution in [0.25, 0.3) is 0 Å². The molecule has 25 heavy (non-hydrogen) atoms. The van der Waals surface area contributed by atoms with Gasteiger partial charge in [0.05, 0.1) is 17.7 Å².